The third kappa shape index (κ3) is 2.97. The van der Waals surface area contributed by atoms with E-state index in [1.807, 2.05) is 12.3 Å². The summed E-state index contributed by atoms with van der Waals surface area (Å²) in [6, 6.07) is 4.43. The second kappa shape index (κ2) is 5.50. The highest BCUT2D eigenvalue weighted by Gasteiger charge is 2.22. The SMILES string of the molecule is CCC(N)Cc1cccnc1N1CCC(C)C1. The molecule has 2 N–H and O–H groups in total. The first-order valence-electron chi connectivity index (χ1n) is 6.65. The number of aromatic nitrogens is 1. The number of hydrogen-bond acceptors (Lipinski definition) is 3. The molecule has 0 bridgehead atoms. The van der Waals surface area contributed by atoms with Crippen molar-refractivity contribution in [3.05, 3.63) is 23.9 Å². The quantitative estimate of drug-likeness (QED) is 0.867. The van der Waals surface area contributed by atoms with Crippen LogP contribution in [0, 0.1) is 5.92 Å². The highest BCUT2D eigenvalue weighted by atomic mass is 15.2. The zero-order valence-electron chi connectivity index (χ0n) is 10.9. The van der Waals surface area contributed by atoms with Crippen molar-refractivity contribution in [3.63, 3.8) is 0 Å². The van der Waals surface area contributed by atoms with Crippen LogP contribution < -0.4 is 10.6 Å². The number of nitrogens with zero attached hydrogens (tertiary/aromatic N) is 2. The van der Waals surface area contributed by atoms with E-state index in [1.54, 1.807) is 0 Å². The van der Waals surface area contributed by atoms with Crippen LogP contribution in [0.15, 0.2) is 18.3 Å². The summed E-state index contributed by atoms with van der Waals surface area (Å²) in [5, 5.41) is 0. The topological polar surface area (TPSA) is 42.1 Å². The second-order valence-corrected chi connectivity index (χ2v) is 5.20. The van der Waals surface area contributed by atoms with Crippen LogP contribution in [0.2, 0.25) is 0 Å². The Kier molecular flexibility index (Phi) is 4.00. The predicted octanol–water partition coefficient (Wildman–Crippen LogP) is 2.21. The van der Waals surface area contributed by atoms with Gasteiger partial charge in [-0.25, -0.2) is 4.98 Å². The zero-order valence-corrected chi connectivity index (χ0v) is 10.9. The van der Waals surface area contributed by atoms with Crippen molar-refractivity contribution in [2.45, 2.75) is 39.2 Å². The molecule has 0 saturated carbocycles. The minimum absolute atomic E-state index is 0.248. The molecular weight excluding hydrogens is 210 g/mol. The van der Waals surface area contributed by atoms with Crippen LogP contribution in [0.3, 0.4) is 0 Å². The van der Waals surface area contributed by atoms with Crippen molar-refractivity contribution in [2.75, 3.05) is 18.0 Å². The lowest BCUT2D eigenvalue weighted by Crippen LogP contribution is -2.26. The molecule has 2 atom stereocenters. The van der Waals surface area contributed by atoms with Crippen molar-refractivity contribution in [1.29, 1.82) is 0 Å². The van der Waals surface area contributed by atoms with Crippen LogP contribution in [-0.4, -0.2) is 24.1 Å². The third-order valence-electron chi connectivity index (χ3n) is 3.60. The summed E-state index contributed by atoms with van der Waals surface area (Å²) in [6.45, 7) is 6.71. The van der Waals surface area contributed by atoms with Gasteiger partial charge in [0.25, 0.3) is 0 Å². The predicted molar refractivity (Wildman–Crippen MR) is 72.2 cm³/mol. The van der Waals surface area contributed by atoms with E-state index >= 15 is 0 Å². The van der Waals surface area contributed by atoms with Crippen molar-refractivity contribution in [1.82, 2.24) is 4.98 Å². The van der Waals surface area contributed by atoms with Crippen molar-refractivity contribution in [3.8, 4) is 0 Å². The van der Waals surface area contributed by atoms with Gasteiger partial charge in [0.15, 0.2) is 0 Å². The minimum atomic E-state index is 0.248. The Morgan fingerprint density at radius 1 is 1.59 bits per heavy atom. The van der Waals surface area contributed by atoms with Crippen LogP contribution in [0.5, 0.6) is 0 Å². The molecule has 3 nitrogen and oxygen atoms in total. The van der Waals surface area contributed by atoms with Crippen molar-refractivity contribution < 1.29 is 0 Å². The Hall–Kier alpha value is -1.09. The van der Waals surface area contributed by atoms with Gasteiger partial charge in [-0.1, -0.05) is 19.9 Å². The summed E-state index contributed by atoms with van der Waals surface area (Å²) in [5.74, 6) is 1.94. The number of anilines is 1. The molecule has 2 rings (SSSR count). The van der Waals surface area contributed by atoms with Crippen molar-refractivity contribution >= 4 is 5.82 Å². The molecule has 1 aliphatic heterocycles. The summed E-state index contributed by atoms with van der Waals surface area (Å²) in [7, 11) is 0. The van der Waals surface area contributed by atoms with E-state index in [1.165, 1.54) is 12.0 Å². The normalized spacial score (nSPS) is 21.8. The Morgan fingerprint density at radius 3 is 3.06 bits per heavy atom. The van der Waals surface area contributed by atoms with E-state index in [0.717, 1.165) is 37.7 Å². The van der Waals surface area contributed by atoms with Gasteiger partial charge in [0.1, 0.15) is 5.82 Å². The monoisotopic (exact) mass is 233 g/mol. The fraction of sp³-hybridized carbons (Fsp3) is 0.643. The molecule has 0 amide bonds. The average molecular weight is 233 g/mol. The zero-order chi connectivity index (χ0) is 12.3. The first-order valence-corrected chi connectivity index (χ1v) is 6.65. The fourth-order valence-corrected chi connectivity index (χ4v) is 2.43. The number of rotatable bonds is 4. The standard InChI is InChI=1S/C14H23N3/c1-3-13(15)9-12-5-4-7-16-14(12)17-8-6-11(2)10-17/h4-5,7,11,13H,3,6,8-10,15H2,1-2H3. The van der Waals surface area contributed by atoms with E-state index in [2.05, 4.69) is 29.8 Å². The van der Waals surface area contributed by atoms with Crippen LogP contribution in [0.1, 0.15) is 32.3 Å². The van der Waals surface area contributed by atoms with Gasteiger partial charge in [0.05, 0.1) is 0 Å². The van der Waals surface area contributed by atoms with Crippen LogP contribution >= 0.6 is 0 Å². The molecule has 0 spiro atoms. The van der Waals surface area contributed by atoms with Gasteiger partial charge in [-0.05, 0) is 36.8 Å². The summed E-state index contributed by atoms with van der Waals surface area (Å²) in [4.78, 5) is 6.96. The largest absolute Gasteiger partial charge is 0.356 e. The van der Waals surface area contributed by atoms with E-state index in [9.17, 15) is 0 Å². The van der Waals surface area contributed by atoms with Gasteiger partial charge in [-0.3, -0.25) is 0 Å². The Balaban J connectivity index is 2.15. The van der Waals surface area contributed by atoms with Gasteiger partial charge in [0, 0.05) is 25.3 Å². The van der Waals surface area contributed by atoms with E-state index in [-0.39, 0.29) is 6.04 Å². The minimum Gasteiger partial charge on any atom is -0.356 e. The molecular formula is C14H23N3. The first-order chi connectivity index (χ1) is 8.20. The molecule has 0 aromatic carbocycles. The second-order valence-electron chi connectivity index (χ2n) is 5.20. The van der Waals surface area contributed by atoms with Crippen molar-refractivity contribution in [2.24, 2.45) is 11.7 Å². The lowest BCUT2D eigenvalue weighted by molar-refractivity contribution is 0.641. The molecule has 17 heavy (non-hydrogen) atoms. The molecule has 1 aromatic rings. The molecule has 3 heteroatoms. The molecule has 1 saturated heterocycles. The Bertz CT molecular complexity index is 364. The Labute approximate surface area is 104 Å². The summed E-state index contributed by atoms with van der Waals surface area (Å²) < 4.78 is 0. The third-order valence-corrected chi connectivity index (χ3v) is 3.60. The lowest BCUT2D eigenvalue weighted by Gasteiger charge is -2.21. The molecule has 2 heterocycles. The molecule has 0 aliphatic carbocycles. The van der Waals surface area contributed by atoms with E-state index < -0.39 is 0 Å². The highest BCUT2D eigenvalue weighted by molar-refractivity contribution is 5.48. The summed E-state index contributed by atoms with van der Waals surface area (Å²) >= 11 is 0. The highest BCUT2D eigenvalue weighted by Crippen LogP contribution is 2.25. The fourth-order valence-electron chi connectivity index (χ4n) is 2.43. The molecule has 2 unspecified atom stereocenters. The van der Waals surface area contributed by atoms with Gasteiger partial charge < -0.3 is 10.6 Å². The van der Waals surface area contributed by atoms with Gasteiger partial charge in [-0.15, -0.1) is 0 Å². The van der Waals surface area contributed by atoms with Gasteiger partial charge >= 0.3 is 0 Å². The molecule has 94 valence electrons. The maximum absolute atomic E-state index is 6.05. The van der Waals surface area contributed by atoms with E-state index in [0.29, 0.717) is 0 Å². The summed E-state index contributed by atoms with van der Waals surface area (Å²) in [5.41, 5.74) is 7.36. The lowest BCUT2D eigenvalue weighted by atomic mass is 10.1. The molecule has 1 fully saturated rings. The van der Waals surface area contributed by atoms with Crippen LogP contribution in [0.25, 0.3) is 0 Å². The number of nitrogens with two attached hydrogens (primary N) is 1. The average Bonchev–Trinajstić information content (AvgIpc) is 2.76. The molecule has 0 radical (unpaired) electrons. The number of hydrogen-bond donors (Lipinski definition) is 1. The Morgan fingerprint density at radius 2 is 2.41 bits per heavy atom. The van der Waals surface area contributed by atoms with Crippen LogP contribution in [-0.2, 0) is 6.42 Å². The number of pyridine rings is 1. The first kappa shape index (κ1) is 12.4. The van der Waals surface area contributed by atoms with Crippen LogP contribution in [0.4, 0.5) is 5.82 Å². The maximum atomic E-state index is 6.05. The molecule has 1 aliphatic rings. The van der Waals surface area contributed by atoms with E-state index in [4.69, 9.17) is 5.73 Å². The summed E-state index contributed by atoms with van der Waals surface area (Å²) in [6.07, 6.45) is 5.12. The smallest absolute Gasteiger partial charge is 0.131 e. The molecule has 1 aromatic heterocycles. The maximum Gasteiger partial charge on any atom is 0.131 e. The van der Waals surface area contributed by atoms with Gasteiger partial charge in [0.2, 0.25) is 0 Å². The van der Waals surface area contributed by atoms with Gasteiger partial charge in [-0.2, -0.15) is 0 Å².